The molecule has 0 aromatic carbocycles. The van der Waals surface area contributed by atoms with Crippen molar-refractivity contribution in [3.05, 3.63) is 23.3 Å². The van der Waals surface area contributed by atoms with Crippen molar-refractivity contribution in [2.24, 2.45) is 28.9 Å². The molecule has 0 radical (unpaired) electrons. The fourth-order valence-corrected chi connectivity index (χ4v) is 5.62. The van der Waals surface area contributed by atoms with Crippen molar-refractivity contribution < 1.29 is 9.90 Å². The van der Waals surface area contributed by atoms with E-state index in [0.717, 1.165) is 38.5 Å². The van der Waals surface area contributed by atoms with Crippen LogP contribution in [0, 0.1) is 23.2 Å². The number of hydrogen-bond acceptors (Lipinski definition) is 3. The molecule has 3 saturated carbocycles. The lowest BCUT2D eigenvalue weighted by molar-refractivity contribution is -0.129. The van der Waals surface area contributed by atoms with E-state index < -0.39 is 5.72 Å². The van der Waals surface area contributed by atoms with Gasteiger partial charge in [-0.1, -0.05) is 13.0 Å². The monoisotopic (exact) mass is 287 g/mol. The first-order valence-electron chi connectivity index (χ1n) is 8.37. The average molecular weight is 287 g/mol. The summed E-state index contributed by atoms with van der Waals surface area (Å²) in [5.41, 5.74) is 7.36. The van der Waals surface area contributed by atoms with Crippen LogP contribution in [0.25, 0.3) is 0 Å². The first-order valence-corrected chi connectivity index (χ1v) is 8.37. The molecule has 0 heterocycles. The fraction of sp³-hybridized carbons (Fsp3) is 0.722. The summed E-state index contributed by atoms with van der Waals surface area (Å²) >= 11 is 0. The molecule has 3 fully saturated rings. The summed E-state index contributed by atoms with van der Waals surface area (Å²) in [6.45, 7) is 2.21. The maximum Gasteiger partial charge on any atom is 0.139 e. The third-order valence-corrected chi connectivity index (χ3v) is 6.74. The second kappa shape index (κ2) is 4.30. The number of fused-ring (bicyclic) bond motifs is 5. The van der Waals surface area contributed by atoms with Crippen LogP contribution in [0.15, 0.2) is 23.3 Å². The zero-order chi connectivity index (χ0) is 14.8. The Kier molecular flexibility index (Phi) is 2.81. The molecule has 0 saturated heterocycles. The molecule has 3 nitrogen and oxygen atoms in total. The molecule has 114 valence electrons. The largest absolute Gasteiger partial charge is 0.372 e. The Morgan fingerprint density at radius 3 is 2.90 bits per heavy atom. The molecule has 0 amide bonds. The van der Waals surface area contributed by atoms with Crippen LogP contribution in [-0.2, 0) is 4.79 Å². The standard InChI is InChI=1S/C18H25NO2/c1-17-8-6-13-12-7-9-18(19,21)10-11(12)2-3-14(13)15(17)4-5-16(17)20/h7,10,13-15,21H,2-6,8-9,19H2,1H3/t13-,14-,15+,17+,18?/m1/s1. The topological polar surface area (TPSA) is 63.3 Å². The van der Waals surface area contributed by atoms with Gasteiger partial charge >= 0.3 is 0 Å². The fourth-order valence-electron chi connectivity index (χ4n) is 5.62. The van der Waals surface area contributed by atoms with E-state index in [1.807, 2.05) is 6.08 Å². The van der Waals surface area contributed by atoms with Crippen molar-refractivity contribution in [3.63, 3.8) is 0 Å². The minimum absolute atomic E-state index is 0.0494. The van der Waals surface area contributed by atoms with Crippen molar-refractivity contribution in [2.45, 2.75) is 57.6 Å². The molecule has 0 bridgehead atoms. The molecule has 3 heteroatoms. The quantitative estimate of drug-likeness (QED) is 0.673. The minimum Gasteiger partial charge on any atom is -0.372 e. The lowest BCUT2D eigenvalue weighted by Gasteiger charge is -2.50. The van der Waals surface area contributed by atoms with Gasteiger partial charge in [-0.25, -0.2) is 0 Å². The maximum atomic E-state index is 12.3. The van der Waals surface area contributed by atoms with Crippen LogP contribution in [-0.4, -0.2) is 16.6 Å². The van der Waals surface area contributed by atoms with Crippen LogP contribution in [0.3, 0.4) is 0 Å². The van der Waals surface area contributed by atoms with Gasteiger partial charge in [-0.3, -0.25) is 4.79 Å². The van der Waals surface area contributed by atoms with Gasteiger partial charge in [0.25, 0.3) is 0 Å². The van der Waals surface area contributed by atoms with Crippen LogP contribution >= 0.6 is 0 Å². The first kappa shape index (κ1) is 13.7. The molecule has 0 spiro atoms. The Hall–Kier alpha value is -0.930. The number of hydrogen-bond donors (Lipinski definition) is 2. The van der Waals surface area contributed by atoms with E-state index in [4.69, 9.17) is 5.73 Å². The van der Waals surface area contributed by atoms with Crippen LogP contribution in [0.5, 0.6) is 0 Å². The number of carbonyl (C=O) groups excluding carboxylic acids is 1. The highest BCUT2D eigenvalue weighted by Crippen LogP contribution is 2.59. The smallest absolute Gasteiger partial charge is 0.139 e. The summed E-state index contributed by atoms with van der Waals surface area (Å²) in [5.74, 6) is 2.32. The van der Waals surface area contributed by atoms with E-state index in [2.05, 4.69) is 13.0 Å². The summed E-state index contributed by atoms with van der Waals surface area (Å²) in [6, 6.07) is 0. The van der Waals surface area contributed by atoms with E-state index in [-0.39, 0.29) is 5.41 Å². The highest BCUT2D eigenvalue weighted by Gasteiger charge is 2.55. The number of carbonyl (C=O) groups is 1. The van der Waals surface area contributed by atoms with Gasteiger partial charge < -0.3 is 10.8 Å². The molecule has 0 aromatic heterocycles. The lowest BCUT2D eigenvalue weighted by Crippen LogP contribution is -2.45. The Morgan fingerprint density at radius 2 is 2.10 bits per heavy atom. The Bertz CT molecular complexity index is 560. The van der Waals surface area contributed by atoms with Gasteiger partial charge in [-0.2, -0.15) is 0 Å². The number of aliphatic hydroxyl groups is 1. The maximum absolute atomic E-state index is 12.3. The molecule has 4 aliphatic carbocycles. The zero-order valence-corrected chi connectivity index (χ0v) is 12.8. The van der Waals surface area contributed by atoms with Gasteiger partial charge in [0.2, 0.25) is 0 Å². The SMILES string of the molecule is C[C@]12CC[C@@H]3C4=CCC(N)(O)C=C4CC[C@H]3[C@@H]1CCC2=O. The van der Waals surface area contributed by atoms with Crippen LogP contribution < -0.4 is 5.73 Å². The summed E-state index contributed by atoms with van der Waals surface area (Å²) in [6.07, 6.45) is 10.8. The van der Waals surface area contributed by atoms with Gasteiger partial charge in [0.1, 0.15) is 11.5 Å². The molecule has 1 unspecified atom stereocenters. The van der Waals surface area contributed by atoms with Crippen molar-refractivity contribution in [2.75, 3.05) is 0 Å². The molecule has 0 aromatic rings. The van der Waals surface area contributed by atoms with E-state index in [9.17, 15) is 9.90 Å². The molecular weight excluding hydrogens is 262 g/mol. The number of ketones is 1. The van der Waals surface area contributed by atoms with E-state index in [1.54, 1.807) is 0 Å². The number of nitrogens with two attached hydrogens (primary N) is 1. The summed E-state index contributed by atoms with van der Waals surface area (Å²) in [7, 11) is 0. The van der Waals surface area contributed by atoms with E-state index in [1.165, 1.54) is 11.1 Å². The molecule has 5 atom stereocenters. The average Bonchev–Trinajstić information content (AvgIpc) is 2.73. The normalized spacial score (nSPS) is 48.9. The van der Waals surface area contributed by atoms with Crippen LogP contribution in [0.1, 0.15) is 51.9 Å². The molecular formula is C18H25NO2. The molecule has 4 aliphatic rings. The Labute approximate surface area is 126 Å². The lowest BCUT2D eigenvalue weighted by atomic mass is 9.54. The first-order chi connectivity index (χ1) is 9.91. The third kappa shape index (κ3) is 1.90. The van der Waals surface area contributed by atoms with Crippen molar-refractivity contribution in [3.8, 4) is 0 Å². The summed E-state index contributed by atoms with van der Waals surface area (Å²) in [5, 5.41) is 10.0. The van der Waals surface area contributed by atoms with E-state index >= 15 is 0 Å². The van der Waals surface area contributed by atoms with Gasteiger partial charge in [0.05, 0.1) is 0 Å². The summed E-state index contributed by atoms with van der Waals surface area (Å²) in [4.78, 5) is 12.3. The van der Waals surface area contributed by atoms with Gasteiger partial charge in [0, 0.05) is 18.3 Å². The van der Waals surface area contributed by atoms with Gasteiger partial charge in [0.15, 0.2) is 0 Å². The molecule has 21 heavy (non-hydrogen) atoms. The second-order valence-corrected chi connectivity index (χ2v) is 7.86. The third-order valence-electron chi connectivity index (χ3n) is 6.74. The summed E-state index contributed by atoms with van der Waals surface area (Å²) < 4.78 is 0. The minimum atomic E-state index is -1.15. The van der Waals surface area contributed by atoms with Crippen molar-refractivity contribution in [1.29, 1.82) is 0 Å². The van der Waals surface area contributed by atoms with Gasteiger partial charge in [-0.05, 0) is 67.1 Å². The van der Waals surface area contributed by atoms with Crippen LogP contribution in [0.2, 0.25) is 0 Å². The predicted molar refractivity (Wildman–Crippen MR) is 81.2 cm³/mol. The van der Waals surface area contributed by atoms with Crippen LogP contribution in [0.4, 0.5) is 0 Å². The number of rotatable bonds is 0. The van der Waals surface area contributed by atoms with Gasteiger partial charge in [-0.15, -0.1) is 0 Å². The van der Waals surface area contributed by atoms with E-state index in [0.29, 0.717) is 30.0 Å². The number of allylic oxidation sites excluding steroid dienone is 2. The highest BCUT2D eigenvalue weighted by molar-refractivity contribution is 5.87. The van der Waals surface area contributed by atoms with Crippen molar-refractivity contribution >= 4 is 5.78 Å². The molecule has 4 rings (SSSR count). The Balaban J connectivity index is 1.66. The predicted octanol–water partition coefficient (Wildman–Crippen LogP) is 2.70. The van der Waals surface area contributed by atoms with Crippen molar-refractivity contribution in [1.82, 2.24) is 0 Å². The molecule has 0 aliphatic heterocycles. The number of Topliss-reactive ketones (excluding diaryl/α,β-unsaturated/α-hetero) is 1. The zero-order valence-electron chi connectivity index (χ0n) is 12.8. The Morgan fingerprint density at radius 1 is 1.29 bits per heavy atom. The molecule has 3 N–H and O–H groups in total. The second-order valence-electron chi connectivity index (χ2n) is 7.86. The highest BCUT2D eigenvalue weighted by atomic mass is 16.3.